The second kappa shape index (κ2) is 6.24. The Balaban J connectivity index is 1.37. The first-order chi connectivity index (χ1) is 14.7. The summed E-state index contributed by atoms with van der Waals surface area (Å²) in [6.07, 6.45) is 11.9. The fraction of sp³-hybridized carbons (Fsp3) is 0.769. The third-order valence-electron chi connectivity index (χ3n) is 10.0. The molecule has 0 radical (unpaired) electrons. The lowest BCUT2D eigenvalue weighted by Crippen LogP contribution is -2.81. The summed E-state index contributed by atoms with van der Waals surface area (Å²) in [5.74, 6) is 1.97. The van der Waals surface area contributed by atoms with E-state index in [1.807, 2.05) is 7.11 Å². The second-order valence-electron chi connectivity index (χ2n) is 11.3. The van der Waals surface area contributed by atoms with Gasteiger partial charge >= 0.3 is 0 Å². The number of hydrogen-bond acceptors (Lipinski definition) is 4. The van der Waals surface area contributed by atoms with Crippen molar-refractivity contribution in [3.8, 4) is 5.75 Å². The lowest BCUT2D eigenvalue weighted by Gasteiger charge is -2.73. The number of ether oxygens (including phenoxy) is 2. The summed E-state index contributed by atoms with van der Waals surface area (Å²) in [4.78, 5) is 5.68. The van der Waals surface area contributed by atoms with Gasteiger partial charge in [0, 0.05) is 23.5 Å². The van der Waals surface area contributed by atoms with E-state index >= 15 is 0 Å². The molecule has 6 fully saturated rings. The maximum atomic E-state index is 7.18. The maximum Gasteiger partial charge on any atom is 0.119 e. The Bertz CT molecular complexity index is 851. The highest BCUT2D eigenvalue weighted by Crippen LogP contribution is 2.66. The number of benzene rings is 1. The molecule has 4 saturated heterocycles. The Kier molecular flexibility index (Phi) is 3.84. The minimum atomic E-state index is 0.0149. The Morgan fingerprint density at radius 3 is 2.70 bits per heavy atom. The zero-order chi connectivity index (χ0) is 20.0. The molecule has 1 aromatic rings. The zero-order valence-electron chi connectivity index (χ0n) is 18.5. The van der Waals surface area contributed by atoms with Crippen LogP contribution in [0.1, 0.15) is 62.5 Å². The summed E-state index contributed by atoms with van der Waals surface area (Å²) < 4.78 is 12.9. The number of rotatable bonds is 4. The van der Waals surface area contributed by atoms with Crippen LogP contribution in [0, 0.1) is 5.92 Å². The third kappa shape index (κ3) is 2.28. The lowest BCUT2D eigenvalue weighted by molar-refractivity contribution is -0.279. The standard InChI is InChI=1S/C26H36N2O2/c1-29-21-7-6-20-14-23-26-9-8-24(18-30-26,28-11-2-3-12-28)17-25(26,22(20)15-21)10-13-27(23)16-19-4-5-19/h6-7,15,19,23H,2-5,8-14,16-18H2,1H3/t23-,24+,25-,26?/m1/s1. The molecule has 0 amide bonds. The molecule has 1 spiro atoms. The van der Waals surface area contributed by atoms with E-state index in [4.69, 9.17) is 9.47 Å². The summed E-state index contributed by atoms with van der Waals surface area (Å²) in [5.41, 5.74) is 3.59. The number of methoxy groups -OCH3 is 1. The lowest BCUT2D eigenvalue weighted by atomic mass is 9.45. The first kappa shape index (κ1) is 18.5. The van der Waals surface area contributed by atoms with E-state index < -0.39 is 0 Å². The maximum absolute atomic E-state index is 7.18. The molecule has 30 heavy (non-hydrogen) atoms. The molecule has 2 saturated carbocycles. The monoisotopic (exact) mass is 408 g/mol. The molecule has 4 heterocycles. The normalized spacial score (nSPS) is 42.8. The first-order valence-corrected chi connectivity index (χ1v) is 12.5. The van der Waals surface area contributed by atoms with Crippen molar-refractivity contribution >= 4 is 0 Å². The van der Waals surface area contributed by atoms with Crippen molar-refractivity contribution in [1.82, 2.24) is 9.80 Å². The highest BCUT2D eigenvalue weighted by atomic mass is 16.5. The van der Waals surface area contributed by atoms with Crippen LogP contribution in [-0.4, -0.2) is 66.9 Å². The van der Waals surface area contributed by atoms with E-state index in [9.17, 15) is 0 Å². The average Bonchev–Trinajstić information content (AvgIpc) is 3.42. The van der Waals surface area contributed by atoms with Gasteiger partial charge in [-0.1, -0.05) is 6.07 Å². The van der Waals surface area contributed by atoms with Gasteiger partial charge < -0.3 is 9.47 Å². The Morgan fingerprint density at radius 2 is 1.97 bits per heavy atom. The Morgan fingerprint density at radius 1 is 1.10 bits per heavy atom. The van der Waals surface area contributed by atoms with Crippen LogP contribution >= 0.6 is 0 Å². The van der Waals surface area contributed by atoms with E-state index in [0.717, 1.165) is 24.7 Å². The minimum Gasteiger partial charge on any atom is -0.497 e. The molecule has 4 heteroatoms. The van der Waals surface area contributed by atoms with Crippen molar-refractivity contribution < 1.29 is 9.47 Å². The molecular weight excluding hydrogens is 372 g/mol. The molecule has 3 aliphatic carbocycles. The van der Waals surface area contributed by atoms with Crippen LogP contribution in [0.25, 0.3) is 0 Å². The van der Waals surface area contributed by atoms with Gasteiger partial charge in [-0.25, -0.2) is 0 Å². The number of nitrogens with zero attached hydrogens (tertiary/aromatic N) is 2. The van der Waals surface area contributed by atoms with Gasteiger partial charge in [-0.05, 0) is 107 Å². The highest BCUT2D eigenvalue weighted by molar-refractivity contribution is 5.50. The van der Waals surface area contributed by atoms with Gasteiger partial charge in [0.05, 0.1) is 19.3 Å². The van der Waals surface area contributed by atoms with E-state index in [1.165, 1.54) is 77.5 Å². The molecule has 8 rings (SSSR count). The molecular formula is C26H36N2O2. The highest BCUT2D eigenvalue weighted by Gasteiger charge is 2.72. The number of fused-ring (bicyclic) bond motifs is 3. The van der Waals surface area contributed by atoms with Gasteiger partial charge in [0.1, 0.15) is 5.75 Å². The fourth-order valence-electron chi connectivity index (χ4n) is 8.39. The number of likely N-dealkylation sites (tertiary alicyclic amines) is 2. The van der Waals surface area contributed by atoms with Crippen LogP contribution in [0.2, 0.25) is 0 Å². The molecule has 4 nitrogen and oxygen atoms in total. The van der Waals surface area contributed by atoms with Gasteiger partial charge in [-0.15, -0.1) is 0 Å². The van der Waals surface area contributed by atoms with Crippen molar-refractivity contribution in [3.05, 3.63) is 29.3 Å². The SMILES string of the molecule is COc1ccc2c(c1)[C@]13CCN(CC4CC4)[C@H](C2)C12CC[C@@](N1CCCC1)(CO2)C3. The van der Waals surface area contributed by atoms with Crippen molar-refractivity contribution in [2.75, 3.05) is 39.9 Å². The van der Waals surface area contributed by atoms with Gasteiger partial charge in [-0.2, -0.15) is 0 Å². The average molecular weight is 409 g/mol. The molecule has 7 aliphatic rings. The van der Waals surface area contributed by atoms with Crippen LogP contribution in [-0.2, 0) is 16.6 Å². The summed E-state index contributed by atoms with van der Waals surface area (Å²) in [5, 5.41) is 0. The van der Waals surface area contributed by atoms with Crippen LogP contribution < -0.4 is 4.74 Å². The summed E-state index contributed by atoms with van der Waals surface area (Å²) in [6.45, 7) is 6.05. The summed E-state index contributed by atoms with van der Waals surface area (Å²) in [6, 6.07) is 7.52. The van der Waals surface area contributed by atoms with Crippen molar-refractivity contribution in [2.45, 2.75) is 80.4 Å². The van der Waals surface area contributed by atoms with E-state index in [2.05, 4.69) is 28.0 Å². The Hall–Kier alpha value is -1.10. The van der Waals surface area contributed by atoms with Crippen LogP contribution in [0.3, 0.4) is 0 Å². The summed E-state index contributed by atoms with van der Waals surface area (Å²) in [7, 11) is 1.81. The van der Waals surface area contributed by atoms with Crippen molar-refractivity contribution in [2.24, 2.45) is 5.92 Å². The minimum absolute atomic E-state index is 0.0149. The van der Waals surface area contributed by atoms with E-state index in [0.29, 0.717) is 6.04 Å². The second-order valence-corrected chi connectivity index (χ2v) is 11.3. The van der Waals surface area contributed by atoms with Crippen molar-refractivity contribution in [3.63, 3.8) is 0 Å². The van der Waals surface area contributed by atoms with Crippen LogP contribution in [0.15, 0.2) is 18.2 Å². The van der Waals surface area contributed by atoms with Gasteiger partial charge in [0.2, 0.25) is 0 Å². The van der Waals surface area contributed by atoms with Crippen LogP contribution in [0.4, 0.5) is 0 Å². The largest absolute Gasteiger partial charge is 0.497 e. The fourth-order valence-corrected chi connectivity index (χ4v) is 8.39. The third-order valence-corrected chi connectivity index (χ3v) is 10.0. The predicted molar refractivity (Wildman–Crippen MR) is 117 cm³/mol. The van der Waals surface area contributed by atoms with Gasteiger partial charge in [0.25, 0.3) is 0 Å². The topological polar surface area (TPSA) is 24.9 Å². The first-order valence-electron chi connectivity index (χ1n) is 12.5. The van der Waals surface area contributed by atoms with Crippen LogP contribution in [0.5, 0.6) is 5.75 Å². The number of hydrogen-bond donors (Lipinski definition) is 0. The zero-order valence-corrected chi connectivity index (χ0v) is 18.5. The molecule has 4 atom stereocenters. The molecule has 1 aromatic carbocycles. The number of piperidine rings is 1. The Labute approximate surface area is 180 Å². The quantitative estimate of drug-likeness (QED) is 0.757. The van der Waals surface area contributed by atoms with E-state index in [1.54, 1.807) is 11.1 Å². The molecule has 162 valence electrons. The van der Waals surface area contributed by atoms with Gasteiger partial charge in [-0.3, -0.25) is 9.80 Å². The van der Waals surface area contributed by atoms with Crippen molar-refractivity contribution in [1.29, 1.82) is 0 Å². The van der Waals surface area contributed by atoms with Gasteiger partial charge in [0.15, 0.2) is 0 Å². The summed E-state index contributed by atoms with van der Waals surface area (Å²) >= 11 is 0. The smallest absolute Gasteiger partial charge is 0.119 e. The van der Waals surface area contributed by atoms with E-state index in [-0.39, 0.29) is 16.6 Å². The molecule has 4 bridgehead atoms. The predicted octanol–water partition coefficient (Wildman–Crippen LogP) is 3.76. The molecule has 1 unspecified atom stereocenters. The molecule has 0 aromatic heterocycles. The molecule has 4 aliphatic heterocycles. The molecule has 0 N–H and O–H groups in total.